The van der Waals surface area contributed by atoms with Crippen LogP contribution in [0.5, 0.6) is 0 Å². The number of azo groups is 1. The Labute approximate surface area is 121 Å². The molecule has 0 aliphatic rings. The van der Waals surface area contributed by atoms with E-state index >= 15 is 0 Å². The topological polar surface area (TPSA) is 40.9 Å². The van der Waals surface area contributed by atoms with Gasteiger partial charge in [-0.15, -0.1) is 0 Å². The number of hydrogen-bond acceptors (Lipinski definition) is 5. The molecule has 0 radical (unpaired) electrons. The Bertz CT molecular complexity index is 744. The standard InChI is InChI=1S/C15H14N4S/c1-19(2)14-7-5-12(6-8-14)17-18-13-4-3-11-10-16-20-15(11)9-13/h3-10H,1-2H3. The van der Waals surface area contributed by atoms with Crippen molar-refractivity contribution in [2.24, 2.45) is 10.2 Å². The molecule has 0 atom stereocenters. The molecule has 1 heterocycles. The van der Waals surface area contributed by atoms with E-state index < -0.39 is 0 Å². The quantitative estimate of drug-likeness (QED) is 0.649. The maximum absolute atomic E-state index is 4.27. The van der Waals surface area contributed by atoms with Crippen LogP contribution in [0.2, 0.25) is 0 Å². The third kappa shape index (κ3) is 2.67. The molecular formula is C15H14N4S. The second kappa shape index (κ2) is 5.38. The van der Waals surface area contributed by atoms with E-state index in [0.29, 0.717) is 0 Å². The first-order valence-electron chi connectivity index (χ1n) is 6.26. The van der Waals surface area contributed by atoms with Gasteiger partial charge in [-0.1, -0.05) is 0 Å². The van der Waals surface area contributed by atoms with Crippen LogP contribution in [0.4, 0.5) is 17.1 Å². The van der Waals surface area contributed by atoms with E-state index in [2.05, 4.69) is 19.5 Å². The van der Waals surface area contributed by atoms with Crippen LogP contribution in [0.25, 0.3) is 10.1 Å². The lowest BCUT2D eigenvalue weighted by Crippen LogP contribution is -2.07. The summed E-state index contributed by atoms with van der Waals surface area (Å²) in [5.74, 6) is 0. The molecule has 2 aromatic carbocycles. The second-order valence-electron chi connectivity index (χ2n) is 4.66. The molecule has 0 N–H and O–H groups in total. The van der Waals surface area contributed by atoms with Crippen molar-refractivity contribution in [2.75, 3.05) is 19.0 Å². The van der Waals surface area contributed by atoms with Gasteiger partial charge in [-0.2, -0.15) is 14.6 Å². The van der Waals surface area contributed by atoms with Gasteiger partial charge in [-0.05, 0) is 54.0 Å². The molecular weight excluding hydrogens is 268 g/mol. The summed E-state index contributed by atoms with van der Waals surface area (Å²) in [7, 11) is 4.03. The van der Waals surface area contributed by atoms with Crippen LogP contribution >= 0.6 is 11.5 Å². The van der Waals surface area contributed by atoms with Crippen LogP contribution < -0.4 is 4.90 Å². The fourth-order valence-corrected chi connectivity index (χ4v) is 2.52. The van der Waals surface area contributed by atoms with Gasteiger partial charge in [0.2, 0.25) is 0 Å². The van der Waals surface area contributed by atoms with Gasteiger partial charge in [0.15, 0.2) is 0 Å². The summed E-state index contributed by atoms with van der Waals surface area (Å²) in [4.78, 5) is 2.05. The molecule has 3 rings (SSSR count). The van der Waals surface area contributed by atoms with Crippen LogP contribution in [-0.4, -0.2) is 18.5 Å². The highest BCUT2D eigenvalue weighted by molar-refractivity contribution is 7.13. The molecule has 0 unspecified atom stereocenters. The highest BCUT2D eigenvalue weighted by atomic mass is 32.1. The van der Waals surface area contributed by atoms with Crippen LogP contribution in [0, 0.1) is 0 Å². The average molecular weight is 282 g/mol. The largest absolute Gasteiger partial charge is 0.378 e. The first-order valence-corrected chi connectivity index (χ1v) is 7.03. The molecule has 100 valence electrons. The maximum atomic E-state index is 4.27. The monoisotopic (exact) mass is 282 g/mol. The third-order valence-corrected chi connectivity index (χ3v) is 3.75. The Morgan fingerprint density at radius 3 is 2.40 bits per heavy atom. The van der Waals surface area contributed by atoms with E-state index in [1.165, 1.54) is 11.5 Å². The van der Waals surface area contributed by atoms with Crippen LogP contribution in [0.15, 0.2) is 58.9 Å². The SMILES string of the molecule is CN(C)c1ccc(N=Nc2ccc3cnsc3c2)cc1. The Balaban J connectivity index is 1.82. The molecule has 20 heavy (non-hydrogen) atoms. The lowest BCUT2D eigenvalue weighted by molar-refractivity contribution is 1.13. The number of benzene rings is 2. The Morgan fingerprint density at radius 2 is 1.65 bits per heavy atom. The van der Waals surface area contributed by atoms with E-state index in [0.717, 1.165) is 27.1 Å². The van der Waals surface area contributed by atoms with Gasteiger partial charge >= 0.3 is 0 Å². The average Bonchev–Trinajstić information content (AvgIpc) is 2.93. The van der Waals surface area contributed by atoms with Crippen molar-refractivity contribution in [3.05, 3.63) is 48.7 Å². The van der Waals surface area contributed by atoms with Crippen molar-refractivity contribution in [3.8, 4) is 0 Å². The summed E-state index contributed by atoms with van der Waals surface area (Å²) in [6, 6.07) is 14.0. The number of anilines is 1. The van der Waals surface area contributed by atoms with Crippen molar-refractivity contribution in [1.82, 2.24) is 4.37 Å². The summed E-state index contributed by atoms with van der Waals surface area (Å²) >= 11 is 1.47. The molecule has 5 heteroatoms. The lowest BCUT2D eigenvalue weighted by atomic mass is 10.2. The number of nitrogens with zero attached hydrogens (tertiary/aromatic N) is 4. The Hall–Kier alpha value is -2.27. The van der Waals surface area contributed by atoms with Crippen LogP contribution in [0.3, 0.4) is 0 Å². The molecule has 0 saturated carbocycles. The van der Waals surface area contributed by atoms with Gasteiger partial charge in [-0.3, -0.25) is 0 Å². The minimum absolute atomic E-state index is 0.846. The first kappa shape index (κ1) is 12.7. The van der Waals surface area contributed by atoms with Gasteiger partial charge in [0.1, 0.15) is 0 Å². The van der Waals surface area contributed by atoms with Gasteiger partial charge < -0.3 is 4.90 Å². The van der Waals surface area contributed by atoms with E-state index in [1.54, 1.807) is 0 Å². The summed E-state index contributed by atoms with van der Waals surface area (Å²) in [6.07, 6.45) is 1.86. The van der Waals surface area contributed by atoms with E-state index in [-0.39, 0.29) is 0 Å². The minimum Gasteiger partial charge on any atom is -0.378 e. The van der Waals surface area contributed by atoms with Crippen molar-refractivity contribution in [3.63, 3.8) is 0 Å². The predicted molar refractivity (Wildman–Crippen MR) is 84.6 cm³/mol. The molecule has 0 amide bonds. The zero-order valence-corrected chi connectivity index (χ0v) is 12.1. The normalized spacial score (nSPS) is 11.3. The zero-order chi connectivity index (χ0) is 13.9. The number of fused-ring (bicyclic) bond motifs is 1. The van der Waals surface area contributed by atoms with Crippen LogP contribution in [-0.2, 0) is 0 Å². The molecule has 4 nitrogen and oxygen atoms in total. The highest BCUT2D eigenvalue weighted by Gasteiger charge is 1.98. The number of rotatable bonds is 3. The summed E-state index contributed by atoms with van der Waals surface area (Å²) < 4.78 is 5.28. The molecule has 0 aliphatic heterocycles. The number of aromatic nitrogens is 1. The van der Waals surface area contributed by atoms with Crippen molar-refractivity contribution < 1.29 is 0 Å². The van der Waals surface area contributed by atoms with Crippen molar-refractivity contribution >= 4 is 38.7 Å². The lowest BCUT2D eigenvalue weighted by Gasteiger charge is -2.11. The second-order valence-corrected chi connectivity index (χ2v) is 5.49. The van der Waals surface area contributed by atoms with Gasteiger partial charge in [0.25, 0.3) is 0 Å². The minimum atomic E-state index is 0.846. The van der Waals surface area contributed by atoms with E-state index in [9.17, 15) is 0 Å². The fourth-order valence-electron chi connectivity index (χ4n) is 1.84. The van der Waals surface area contributed by atoms with Crippen molar-refractivity contribution in [1.29, 1.82) is 0 Å². The van der Waals surface area contributed by atoms with E-state index in [1.807, 2.05) is 62.8 Å². The smallest absolute Gasteiger partial charge is 0.0872 e. The van der Waals surface area contributed by atoms with Crippen molar-refractivity contribution in [2.45, 2.75) is 0 Å². The molecule has 0 saturated heterocycles. The highest BCUT2D eigenvalue weighted by Crippen LogP contribution is 2.26. The molecule has 0 bridgehead atoms. The predicted octanol–water partition coefficient (Wildman–Crippen LogP) is 4.78. The fraction of sp³-hybridized carbons (Fsp3) is 0.133. The summed E-state index contributed by atoms with van der Waals surface area (Å²) in [5.41, 5.74) is 2.84. The Kier molecular flexibility index (Phi) is 3.43. The van der Waals surface area contributed by atoms with E-state index in [4.69, 9.17) is 0 Å². The maximum Gasteiger partial charge on any atom is 0.0872 e. The van der Waals surface area contributed by atoms with Gasteiger partial charge in [0, 0.05) is 31.4 Å². The first-order chi connectivity index (χ1) is 9.72. The Morgan fingerprint density at radius 1 is 0.950 bits per heavy atom. The molecule has 0 aliphatic carbocycles. The van der Waals surface area contributed by atoms with Gasteiger partial charge in [0.05, 0.1) is 16.1 Å². The summed E-state index contributed by atoms with van der Waals surface area (Å²) in [6.45, 7) is 0. The molecule has 3 aromatic rings. The number of hydrogen-bond donors (Lipinski definition) is 0. The molecule has 1 aromatic heterocycles. The van der Waals surface area contributed by atoms with Crippen LogP contribution in [0.1, 0.15) is 0 Å². The molecule has 0 spiro atoms. The third-order valence-electron chi connectivity index (χ3n) is 2.99. The molecule has 0 fully saturated rings. The zero-order valence-electron chi connectivity index (χ0n) is 11.3. The van der Waals surface area contributed by atoms with Gasteiger partial charge in [-0.25, -0.2) is 0 Å². The summed E-state index contributed by atoms with van der Waals surface area (Å²) in [5, 5.41) is 9.67.